The number of fused-ring (bicyclic) bond motifs is 1. The molecule has 0 saturated carbocycles. The van der Waals surface area contributed by atoms with Gasteiger partial charge < -0.3 is 20.1 Å². The van der Waals surface area contributed by atoms with Crippen molar-refractivity contribution in [1.82, 2.24) is 5.32 Å². The zero-order chi connectivity index (χ0) is 18.5. The van der Waals surface area contributed by atoms with E-state index in [0.29, 0.717) is 22.7 Å². The molecule has 0 aliphatic carbocycles. The monoisotopic (exact) mass is 354 g/mol. The average Bonchev–Trinajstić information content (AvgIpc) is 2.67. The standard InChI is InChI=1S/C20H22N2O4/c1-3-13(2)21-19(23)14-8-4-5-9-15(14)22-20(24)18-12-25-16-10-6-7-11-17(16)26-18/h4-11,13,18H,3,12H2,1-2H3,(H,21,23)(H,22,24)/t13-,18-/m0/s1. The second-order valence-corrected chi connectivity index (χ2v) is 6.18. The largest absolute Gasteiger partial charge is 0.485 e. The minimum absolute atomic E-state index is 0.0536. The lowest BCUT2D eigenvalue weighted by Gasteiger charge is -2.25. The Morgan fingerprint density at radius 1 is 1.12 bits per heavy atom. The Kier molecular flexibility index (Phi) is 5.41. The predicted octanol–water partition coefficient (Wildman–Crippen LogP) is 2.99. The predicted molar refractivity (Wildman–Crippen MR) is 98.6 cm³/mol. The van der Waals surface area contributed by atoms with Gasteiger partial charge in [-0.1, -0.05) is 31.2 Å². The van der Waals surface area contributed by atoms with Crippen molar-refractivity contribution in [2.24, 2.45) is 0 Å². The van der Waals surface area contributed by atoms with Crippen molar-refractivity contribution in [1.29, 1.82) is 0 Å². The number of amides is 2. The van der Waals surface area contributed by atoms with Crippen LogP contribution in [0.2, 0.25) is 0 Å². The molecule has 2 N–H and O–H groups in total. The van der Waals surface area contributed by atoms with Crippen LogP contribution in [0, 0.1) is 0 Å². The Hall–Kier alpha value is -3.02. The maximum atomic E-state index is 12.6. The molecule has 2 atom stereocenters. The van der Waals surface area contributed by atoms with E-state index in [9.17, 15) is 9.59 Å². The number of benzene rings is 2. The molecule has 0 fully saturated rings. The first-order valence-corrected chi connectivity index (χ1v) is 8.67. The van der Waals surface area contributed by atoms with Gasteiger partial charge in [0.15, 0.2) is 11.5 Å². The van der Waals surface area contributed by atoms with Gasteiger partial charge in [0.1, 0.15) is 6.61 Å². The van der Waals surface area contributed by atoms with Crippen molar-refractivity contribution in [3.05, 3.63) is 54.1 Å². The van der Waals surface area contributed by atoms with Crippen molar-refractivity contribution in [3.63, 3.8) is 0 Å². The molecule has 0 bridgehead atoms. The second kappa shape index (κ2) is 7.91. The van der Waals surface area contributed by atoms with Crippen LogP contribution in [-0.4, -0.2) is 30.6 Å². The molecular formula is C20H22N2O4. The van der Waals surface area contributed by atoms with E-state index < -0.39 is 6.10 Å². The highest BCUT2D eigenvalue weighted by molar-refractivity contribution is 6.04. The van der Waals surface area contributed by atoms with Crippen molar-refractivity contribution < 1.29 is 19.1 Å². The lowest BCUT2D eigenvalue weighted by Crippen LogP contribution is -2.40. The van der Waals surface area contributed by atoms with E-state index in [1.807, 2.05) is 26.0 Å². The number of hydrogen-bond donors (Lipinski definition) is 2. The molecule has 2 amide bonds. The van der Waals surface area contributed by atoms with Crippen LogP contribution >= 0.6 is 0 Å². The van der Waals surface area contributed by atoms with Gasteiger partial charge in [0, 0.05) is 6.04 Å². The molecule has 136 valence electrons. The molecule has 2 aromatic carbocycles. The number of carbonyl (C=O) groups is 2. The highest BCUT2D eigenvalue weighted by Crippen LogP contribution is 2.31. The van der Waals surface area contributed by atoms with Crippen LogP contribution in [0.5, 0.6) is 11.5 Å². The number of anilines is 1. The first-order chi connectivity index (χ1) is 12.6. The summed E-state index contributed by atoms with van der Waals surface area (Å²) < 4.78 is 11.3. The number of ether oxygens (including phenoxy) is 2. The number of para-hydroxylation sites is 3. The fraction of sp³-hybridized carbons (Fsp3) is 0.300. The lowest BCUT2D eigenvalue weighted by atomic mass is 10.1. The zero-order valence-corrected chi connectivity index (χ0v) is 14.8. The molecule has 3 rings (SSSR count). The Balaban J connectivity index is 1.71. The highest BCUT2D eigenvalue weighted by Gasteiger charge is 2.28. The van der Waals surface area contributed by atoms with Crippen LogP contribution in [0.3, 0.4) is 0 Å². The maximum Gasteiger partial charge on any atom is 0.269 e. The van der Waals surface area contributed by atoms with Gasteiger partial charge in [-0.25, -0.2) is 0 Å². The maximum absolute atomic E-state index is 12.6. The third kappa shape index (κ3) is 3.96. The zero-order valence-electron chi connectivity index (χ0n) is 14.8. The molecule has 2 aromatic rings. The molecular weight excluding hydrogens is 332 g/mol. The summed E-state index contributed by atoms with van der Waals surface area (Å²) in [4.78, 5) is 25.0. The second-order valence-electron chi connectivity index (χ2n) is 6.18. The van der Waals surface area contributed by atoms with Crippen LogP contribution < -0.4 is 20.1 Å². The Morgan fingerprint density at radius 3 is 2.58 bits per heavy atom. The lowest BCUT2D eigenvalue weighted by molar-refractivity contribution is -0.125. The fourth-order valence-electron chi connectivity index (χ4n) is 2.56. The van der Waals surface area contributed by atoms with Gasteiger partial charge in [-0.3, -0.25) is 9.59 Å². The molecule has 1 heterocycles. The summed E-state index contributed by atoms with van der Waals surface area (Å²) in [5, 5.41) is 5.68. The smallest absolute Gasteiger partial charge is 0.269 e. The molecule has 1 aliphatic rings. The fourth-order valence-corrected chi connectivity index (χ4v) is 2.56. The van der Waals surface area contributed by atoms with E-state index in [-0.39, 0.29) is 24.5 Å². The van der Waals surface area contributed by atoms with Gasteiger partial charge in [0.05, 0.1) is 11.3 Å². The molecule has 26 heavy (non-hydrogen) atoms. The van der Waals surface area contributed by atoms with E-state index in [0.717, 1.165) is 6.42 Å². The van der Waals surface area contributed by atoms with E-state index in [1.165, 1.54) is 0 Å². The average molecular weight is 354 g/mol. The highest BCUT2D eigenvalue weighted by atomic mass is 16.6. The first-order valence-electron chi connectivity index (χ1n) is 8.67. The van der Waals surface area contributed by atoms with E-state index in [4.69, 9.17) is 9.47 Å². The van der Waals surface area contributed by atoms with Gasteiger partial charge in [-0.2, -0.15) is 0 Å². The molecule has 0 spiro atoms. The van der Waals surface area contributed by atoms with Gasteiger partial charge in [-0.05, 0) is 37.6 Å². The molecule has 0 saturated heterocycles. The van der Waals surface area contributed by atoms with Crippen molar-refractivity contribution in [2.45, 2.75) is 32.4 Å². The molecule has 6 nitrogen and oxygen atoms in total. The number of nitrogens with one attached hydrogen (secondary N) is 2. The summed E-state index contributed by atoms with van der Waals surface area (Å²) in [5.41, 5.74) is 0.860. The van der Waals surface area contributed by atoms with Crippen LogP contribution in [-0.2, 0) is 4.79 Å². The molecule has 0 unspecified atom stereocenters. The van der Waals surface area contributed by atoms with Gasteiger partial charge in [-0.15, -0.1) is 0 Å². The van der Waals surface area contributed by atoms with Crippen LogP contribution in [0.4, 0.5) is 5.69 Å². The van der Waals surface area contributed by atoms with Crippen LogP contribution in [0.1, 0.15) is 30.6 Å². The Morgan fingerprint density at radius 2 is 1.81 bits per heavy atom. The van der Waals surface area contributed by atoms with Crippen LogP contribution in [0.25, 0.3) is 0 Å². The summed E-state index contributed by atoms with van der Waals surface area (Å²) in [6, 6.07) is 14.2. The van der Waals surface area contributed by atoms with E-state index in [1.54, 1.807) is 36.4 Å². The van der Waals surface area contributed by atoms with Crippen molar-refractivity contribution in [3.8, 4) is 11.5 Å². The normalized spacial score (nSPS) is 16.5. The van der Waals surface area contributed by atoms with Gasteiger partial charge in [0.2, 0.25) is 6.10 Å². The third-order valence-electron chi connectivity index (χ3n) is 4.22. The number of rotatable bonds is 5. The summed E-state index contributed by atoms with van der Waals surface area (Å²) >= 11 is 0. The van der Waals surface area contributed by atoms with Crippen molar-refractivity contribution >= 4 is 17.5 Å². The Labute approximate surface area is 152 Å². The first kappa shape index (κ1) is 17.8. The number of carbonyl (C=O) groups excluding carboxylic acids is 2. The summed E-state index contributed by atoms with van der Waals surface area (Å²) in [5.74, 6) is 0.566. The van der Waals surface area contributed by atoms with E-state index >= 15 is 0 Å². The molecule has 0 aromatic heterocycles. The minimum atomic E-state index is -0.782. The minimum Gasteiger partial charge on any atom is -0.485 e. The molecule has 6 heteroatoms. The van der Waals surface area contributed by atoms with Crippen LogP contribution in [0.15, 0.2) is 48.5 Å². The summed E-state index contributed by atoms with van der Waals surface area (Å²) in [6.07, 6.45) is 0.0444. The summed E-state index contributed by atoms with van der Waals surface area (Å²) in [6.45, 7) is 4.05. The number of hydrogen-bond acceptors (Lipinski definition) is 4. The molecule has 0 radical (unpaired) electrons. The third-order valence-corrected chi connectivity index (χ3v) is 4.22. The SMILES string of the molecule is CC[C@H](C)NC(=O)c1ccccc1NC(=O)[C@@H]1COc2ccccc2O1. The van der Waals surface area contributed by atoms with Crippen molar-refractivity contribution in [2.75, 3.05) is 11.9 Å². The Bertz CT molecular complexity index is 806. The topological polar surface area (TPSA) is 76.7 Å². The molecule has 1 aliphatic heterocycles. The van der Waals surface area contributed by atoms with E-state index in [2.05, 4.69) is 10.6 Å². The van der Waals surface area contributed by atoms with Gasteiger partial charge >= 0.3 is 0 Å². The summed E-state index contributed by atoms with van der Waals surface area (Å²) in [7, 11) is 0. The quantitative estimate of drug-likeness (QED) is 0.865. The van der Waals surface area contributed by atoms with Gasteiger partial charge in [0.25, 0.3) is 11.8 Å².